The van der Waals surface area contributed by atoms with Crippen molar-refractivity contribution in [3.63, 3.8) is 0 Å². The topological polar surface area (TPSA) is 63.3 Å². The number of aliphatic imine (C=N–C) groups is 1. The summed E-state index contributed by atoms with van der Waals surface area (Å²) in [5.74, 6) is 0.398. The van der Waals surface area contributed by atoms with Crippen LogP contribution in [0.3, 0.4) is 0 Å². The Morgan fingerprint density at radius 3 is 2.73 bits per heavy atom. The highest BCUT2D eigenvalue weighted by molar-refractivity contribution is 14.0. The maximum absolute atomic E-state index is 12.7. The molecule has 4 nitrogen and oxygen atoms in total. The van der Waals surface area contributed by atoms with Gasteiger partial charge in [-0.2, -0.15) is 0 Å². The van der Waals surface area contributed by atoms with E-state index in [2.05, 4.69) is 35.2 Å². The van der Waals surface area contributed by atoms with Crippen LogP contribution in [0.15, 0.2) is 47.6 Å². The van der Waals surface area contributed by atoms with Crippen molar-refractivity contribution in [2.24, 2.45) is 10.7 Å². The van der Waals surface area contributed by atoms with Crippen LogP contribution in [0.1, 0.15) is 31.0 Å². The zero-order valence-electron chi connectivity index (χ0n) is 12.6. The van der Waals surface area contributed by atoms with Crippen molar-refractivity contribution in [2.75, 3.05) is 5.32 Å². The first-order valence-corrected chi connectivity index (χ1v) is 6.82. The maximum atomic E-state index is 12.7. The van der Waals surface area contributed by atoms with Crippen LogP contribution in [0.4, 0.5) is 10.1 Å². The summed E-state index contributed by atoms with van der Waals surface area (Å²) in [5.41, 5.74) is 8.64. The summed E-state index contributed by atoms with van der Waals surface area (Å²) < 4.78 is 12.7. The summed E-state index contributed by atoms with van der Waals surface area (Å²) in [4.78, 5) is 8.12. The average Bonchev–Trinajstić information content (AvgIpc) is 2.47. The average molecular weight is 414 g/mol. The molecule has 3 N–H and O–H groups in total. The second-order valence-electron chi connectivity index (χ2n) is 5.07. The van der Waals surface area contributed by atoms with E-state index in [1.165, 1.54) is 17.8 Å². The van der Waals surface area contributed by atoms with Gasteiger partial charge >= 0.3 is 0 Å². The van der Waals surface area contributed by atoms with E-state index >= 15 is 0 Å². The number of anilines is 1. The van der Waals surface area contributed by atoms with E-state index in [9.17, 15) is 4.39 Å². The minimum atomic E-state index is -0.362. The van der Waals surface area contributed by atoms with Gasteiger partial charge in [-0.3, -0.25) is 4.98 Å². The molecule has 0 aliphatic rings. The Hall–Kier alpha value is -1.70. The Kier molecular flexibility index (Phi) is 7.23. The van der Waals surface area contributed by atoms with Crippen LogP contribution in [0.2, 0.25) is 0 Å². The summed E-state index contributed by atoms with van der Waals surface area (Å²) in [6, 6.07) is 11.0. The lowest BCUT2D eigenvalue weighted by Crippen LogP contribution is -2.22. The fourth-order valence-electron chi connectivity index (χ4n) is 1.83. The number of rotatable bonds is 4. The Morgan fingerprint density at radius 2 is 2.09 bits per heavy atom. The molecule has 1 aromatic heterocycles. The van der Waals surface area contributed by atoms with Crippen LogP contribution in [0, 0.1) is 5.82 Å². The maximum Gasteiger partial charge on any atom is 0.193 e. The second kappa shape index (κ2) is 8.67. The van der Waals surface area contributed by atoms with Gasteiger partial charge in [-0.1, -0.05) is 26.0 Å². The van der Waals surface area contributed by atoms with E-state index in [1.807, 2.05) is 18.2 Å². The molecule has 1 heterocycles. The lowest BCUT2D eigenvalue weighted by atomic mass is 10.0. The van der Waals surface area contributed by atoms with Gasteiger partial charge in [0, 0.05) is 5.69 Å². The third kappa shape index (κ3) is 5.59. The summed E-state index contributed by atoms with van der Waals surface area (Å²) in [5, 5.41) is 3.04. The van der Waals surface area contributed by atoms with E-state index in [4.69, 9.17) is 5.73 Å². The van der Waals surface area contributed by atoms with Crippen molar-refractivity contribution in [1.29, 1.82) is 0 Å². The number of hydrogen-bond donors (Lipinski definition) is 2. The van der Waals surface area contributed by atoms with Gasteiger partial charge in [-0.15, -0.1) is 24.0 Å². The Balaban J connectivity index is 0.00000242. The summed E-state index contributed by atoms with van der Waals surface area (Å²) in [6.07, 6.45) is 1.17. The SMILES string of the molecule is CC(C)c1cccc(NC(N)=NCc2ccc(F)cn2)c1.I. The lowest BCUT2D eigenvalue weighted by Gasteiger charge is -2.09. The number of nitrogens with one attached hydrogen (secondary N) is 1. The minimum absolute atomic E-state index is 0. The molecule has 0 aliphatic heterocycles. The monoisotopic (exact) mass is 414 g/mol. The number of nitrogens with two attached hydrogens (primary N) is 1. The molecule has 0 unspecified atom stereocenters. The number of benzene rings is 1. The first-order chi connectivity index (χ1) is 10.0. The predicted molar refractivity (Wildman–Crippen MR) is 99.1 cm³/mol. The Bertz CT molecular complexity index is 626. The fraction of sp³-hybridized carbons (Fsp3) is 0.250. The minimum Gasteiger partial charge on any atom is -0.370 e. The highest BCUT2D eigenvalue weighted by Crippen LogP contribution is 2.18. The van der Waals surface area contributed by atoms with Crippen molar-refractivity contribution in [1.82, 2.24) is 4.98 Å². The molecule has 0 saturated heterocycles. The summed E-state index contributed by atoms with van der Waals surface area (Å²) in [7, 11) is 0. The van der Waals surface area contributed by atoms with Crippen LogP contribution >= 0.6 is 24.0 Å². The highest BCUT2D eigenvalue weighted by atomic mass is 127. The standard InChI is InChI=1S/C16H19FN4.HI/c1-11(2)12-4-3-5-14(8-12)21-16(18)20-10-15-7-6-13(17)9-19-15;/h3-9,11H,10H2,1-2H3,(H3,18,20,21);1H. The third-order valence-corrected chi connectivity index (χ3v) is 3.03. The Morgan fingerprint density at radius 1 is 1.32 bits per heavy atom. The van der Waals surface area contributed by atoms with Crippen LogP contribution in [-0.2, 0) is 6.54 Å². The smallest absolute Gasteiger partial charge is 0.193 e. The molecule has 1 aromatic carbocycles. The first-order valence-electron chi connectivity index (χ1n) is 6.82. The van der Waals surface area contributed by atoms with Crippen LogP contribution in [0.5, 0.6) is 0 Å². The Labute approximate surface area is 147 Å². The highest BCUT2D eigenvalue weighted by Gasteiger charge is 2.01. The molecule has 2 aromatic rings. The number of guanidine groups is 1. The van der Waals surface area contributed by atoms with Gasteiger partial charge < -0.3 is 11.1 Å². The fourth-order valence-corrected chi connectivity index (χ4v) is 1.83. The van der Waals surface area contributed by atoms with E-state index in [0.717, 1.165) is 5.69 Å². The van der Waals surface area contributed by atoms with E-state index < -0.39 is 0 Å². The summed E-state index contributed by atoms with van der Waals surface area (Å²) >= 11 is 0. The van der Waals surface area contributed by atoms with E-state index in [0.29, 0.717) is 24.1 Å². The molecule has 0 bridgehead atoms. The van der Waals surface area contributed by atoms with Gasteiger partial charge in [0.05, 0.1) is 18.4 Å². The molecule has 0 amide bonds. The van der Waals surface area contributed by atoms with E-state index in [-0.39, 0.29) is 29.8 Å². The van der Waals surface area contributed by atoms with Gasteiger partial charge in [0.15, 0.2) is 5.96 Å². The number of nitrogens with zero attached hydrogens (tertiary/aromatic N) is 2. The van der Waals surface area contributed by atoms with Gasteiger partial charge in [0.2, 0.25) is 0 Å². The van der Waals surface area contributed by atoms with Gasteiger partial charge in [0.1, 0.15) is 5.82 Å². The molecule has 22 heavy (non-hydrogen) atoms. The zero-order valence-corrected chi connectivity index (χ0v) is 14.9. The van der Waals surface area contributed by atoms with E-state index in [1.54, 1.807) is 6.07 Å². The van der Waals surface area contributed by atoms with Gasteiger partial charge in [-0.25, -0.2) is 9.38 Å². The van der Waals surface area contributed by atoms with Gasteiger partial charge in [-0.05, 0) is 35.7 Å². The number of aromatic nitrogens is 1. The van der Waals surface area contributed by atoms with Crippen LogP contribution in [-0.4, -0.2) is 10.9 Å². The molecule has 2 rings (SSSR count). The predicted octanol–water partition coefficient (Wildman–Crippen LogP) is 3.89. The molecule has 0 fully saturated rings. The van der Waals surface area contributed by atoms with Crippen LogP contribution in [0.25, 0.3) is 0 Å². The van der Waals surface area contributed by atoms with Crippen molar-refractivity contribution < 1.29 is 4.39 Å². The molecule has 0 saturated carbocycles. The summed E-state index contributed by atoms with van der Waals surface area (Å²) in [6.45, 7) is 4.58. The van der Waals surface area contributed by atoms with Crippen molar-refractivity contribution >= 4 is 35.6 Å². The molecule has 118 valence electrons. The van der Waals surface area contributed by atoms with Crippen molar-refractivity contribution in [2.45, 2.75) is 26.3 Å². The molecule has 0 radical (unpaired) electrons. The molecule has 0 spiro atoms. The van der Waals surface area contributed by atoms with Crippen molar-refractivity contribution in [3.05, 3.63) is 59.7 Å². The molecule has 6 heteroatoms. The largest absolute Gasteiger partial charge is 0.370 e. The quantitative estimate of drug-likeness (QED) is 0.454. The number of halogens is 2. The van der Waals surface area contributed by atoms with Crippen molar-refractivity contribution in [3.8, 4) is 0 Å². The normalized spacial score (nSPS) is 11.2. The second-order valence-corrected chi connectivity index (χ2v) is 5.07. The zero-order chi connectivity index (χ0) is 15.2. The molecule has 0 aliphatic carbocycles. The number of pyridine rings is 1. The lowest BCUT2D eigenvalue weighted by molar-refractivity contribution is 0.619. The van der Waals surface area contributed by atoms with Crippen LogP contribution < -0.4 is 11.1 Å². The third-order valence-electron chi connectivity index (χ3n) is 3.03. The molecular weight excluding hydrogens is 394 g/mol. The van der Waals surface area contributed by atoms with Gasteiger partial charge in [0.25, 0.3) is 0 Å². The molecule has 0 atom stereocenters. The number of hydrogen-bond acceptors (Lipinski definition) is 2. The molecular formula is C16H20FIN4. The first kappa shape index (κ1) is 18.3.